The highest BCUT2D eigenvalue weighted by atomic mass is 14.5. The lowest BCUT2D eigenvalue weighted by Gasteiger charge is -2.15. The zero-order valence-electron chi connectivity index (χ0n) is 13.4. The highest BCUT2D eigenvalue weighted by Gasteiger charge is 2.40. The molecule has 0 bridgehead atoms. The zero-order chi connectivity index (χ0) is 14.7. The highest BCUT2D eigenvalue weighted by molar-refractivity contribution is 5.23. The van der Waals surface area contributed by atoms with E-state index in [9.17, 15) is 0 Å². The second kappa shape index (κ2) is 6.05. The predicted octanol–water partition coefficient (Wildman–Crippen LogP) is 5.65. The van der Waals surface area contributed by atoms with E-state index in [0.29, 0.717) is 5.41 Å². The van der Waals surface area contributed by atoms with Crippen molar-refractivity contribution in [1.29, 1.82) is 0 Å². The van der Waals surface area contributed by atoms with Gasteiger partial charge in [-0.3, -0.25) is 0 Å². The Morgan fingerprint density at radius 1 is 0.667 bits per heavy atom. The average Bonchev–Trinajstić information content (AvgIpc) is 3.27. The van der Waals surface area contributed by atoms with Crippen LogP contribution < -0.4 is 0 Å². The second-order valence-corrected chi connectivity index (χ2v) is 6.97. The Morgan fingerprint density at radius 2 is 1.05 bits per heavy atom. The molecule has 0 aliphatic heterocycles. The summed E-state index contributed by atoms with van der Waals surface area (Å²) in [4.78, 5) is 0. The Balaban J connectivity index is 1.50. The third-order valence-electron chi connectivity index (χ3n) is 5.09. The van der Waals surface area contributed by atoms with E-state index in [1.807, 2.05) is 0 Å². The molecular formula is C21H26. The molecule has 0 saturated heterocycles. The van der Waals surface area contributed by atoms with Gasteiger partial charge in [-0.15, -0.1) is 0 Å². The average molecular weight is 278 g/mol. The number of hydrogen-bond donors (Lipinski definition) is 0. The molecule has 21 heavy (non-hydrogen) atoms. The first kappa shape index (κ1) is 14.4. The van der Waals surface area contributed by atoms with Crippen LogP contribution in [0.15, 0.2) is 48.5 Å². The van der Waals surface area contributed by atoms with Crippen molar-refractivity contribution in [3.8, 4) is 0 Å². The number of hydrogen-bond acceptors (Lipinski definition) is 0. The molecule has 0 heterocycles. The SMILES string of the molecule is Cc1ccc(CCC2(CCc3ccc(C)cc3)CC2)cc1. The second-order valence-electron chi connectivity index (χ2n) is 6.97. The van der Waals surface area contributed by atoms with Crippen LogP contribution in [-0.4, -0.2) is 0 Å². The van der Waals surface area contributed by atoms with E-state index in [4.69, 9.17) is 0 Å². The molecule has 0 heteroatoms. The van der Waals surface area contributed by atoms with E-state index in [2.05, 4.69) is 62.4 Å². The van der Waals surface area contributed by atoms with Crippen LogP contribution in [0.1, 0.15) is 47.9 Å². The molecule has 0 spiro atoms. The number of aryl methyl sites for hydroxylation is 4. The van der Waals surface area contributed by atoms with Gasteiger partial charge in [-0.2, -0.15) is 0 Å². The Hall–Kier alpha value is -1.56. The molecule has 0 radical (unpaired) electrons. The molecule has 0 amide bonds. The van der Waals surface area contributed by atoms with Crippen molar-refractivity contribution in [2.24, 2.45) is 5.41 Å². The van der Waals surface area contributed by atoms with Crippen molar-refractivity contribution in [2.75, 3.05) is 0 Å². The summed E-state index contributed by atoms with van der Waals surface area (Å²) in [6.07, 6.45) is 8.08. The van der Waals surface area contributed by atoms with Gasteiger partial charge >= 0.3 is 0 Å². The molecule has 110 valence electrons. The van der Waals surface area contributed by atoms with Crippen LogP contribution in [-0.2, 0) is 12.8 Å². The van der Waals surface area contributed by atoms with E-state index in [1.54, 1.807) is 0 Å². The summed E-state index contributed by atoms with van der Waals surface area (Å²) in [5.74, 6) is 0. The van der Waals surface area contributed by atoms with Gasteiger partial charge in [-0.05, 0) is 68.9 Å². The predicted molar refractivity (Wildman–Crippen MR) is 90.7 cm³/mol. The van der Waals surface area contributed by atoms with Crippen molar-refractivity contribution in [1.82, 2.24) is 0 Å². The van der Waals surface area contributed by atoms with Gasteiger partial charge in [-0.25, -0.2) is 0 Å². The molecule has 0 unspecified atom stereocenters. The van der Waals surface area contributed by atoms with Gasteiger partial charge in [0.05, 0.1) is 0 Å². The van der Waals surface area contributed by atoms with Crippen LogP contribution in [0.5, 0.6) is 0 Å². The van der Waals surface area contributed by atoms with E-state index in [-0.39, 0.29) is 0 Å². The van der Waals surface area contributed by atoms with Crippen LogP contribution >= 0.6 is 0 Å². The summed E-state index contributed by atoms with van der Waals surface area (Å²) in [5.41, 5.74) is 6.37. The summed E-state index contributed by atoms with van der Waals surface area (Å²) in [6, 6.07) is 18.1. The highest BCUT2D eigenvalue weighted by Crippen LogP contribution is 2.53. The van der Waals surface area contributed by atoms with Crippen LogP contribution in [0.2, 0.25) is 0 Å². The molecule has 2 aromatic rings. The fourth-order valence-corrected chi connectivity index (χ4v) is 3.13. The lowest BCUT2D eigenvalue weighted by molar-refractivity contribution is 0.429. The van der Waals surface area contributed by atoms with E-state index in [0.717, 1.165) is 0 Å². The fourth-order valence-electron chi connectivity index (χ4n) is 3.13. The van der Waals surface area contributed by atoms with Gasteiger partial charge in [-0.1, -0.05) is 59.7 Å². The molecule has 1 fully saturated rings. The van der Waals surface area contributed by atoms with E-state index >= 15 is 0 Å². The molecule has 0 nitrogen and oxygen atoms in total. The standard InChI is InChI=1S/C21H26/c1-17-3-7-19(8-4-17)11-13-21(15-16-21)14-12-20-9-5-18(2)6-10-20/h3-10H,11-16H2,1-2H3. The lowest BCUT2D eigenvalue weighted by atomic mass is 9.90. The smallest absolute Gasteiger partial charge is 0.0274 e. The maximum absolute atomic E-state index is 2.30. The fraction of sp³-hybridized carbons (Fsp3) is 0.429. The van der Waals surface area contributed by atoms with Crippen LogP contribution in [0, 0.1) is 19.3 Å². The number of benzene rings is 2. The van der Waals surface area contributed by atoms with Gasteiger partial charge in [0.2, 0.25) is 0 Å². The van der Waals surface area contributed by atoms with Gasteiger partial charge < -0.3 is 0 Å². The third-order valence-corrected chi connectivity index (χ3v) is 5.09. The Bertz CT molecular complexity index is 519. The largest absolute Gasteiger partial charge is 0.0591 e. The topological polar surface area (TPSA) is 0 Å². The Morgan fingerprint density at radius 3 is 1.38 bits per heavy atom. The third kappa shape index (κ3) is 3.97. The van der Waals surface area contributed by atoms with Crippen molar-refractivity contribution < 1.29 is 0 Å². The normalized spacial score (nSPS) is 15.9. The first-order valence-electron chi connectivity index (χ1n) is 8.26. The first-order valence-corrected chi connectivity index (χ1v) is 8.26. The molecule has 2 aromatic carbocycles. The number of rotatable bonds is 6. The maximum atomic E-state index is 2.30. The monoisotopic (exact) mass is 278 g/mol. The summed E-state index contributed by atoms with van der Waals surface area (Å²) in [7, 11) is 0. The molecule has 0 atom stereocenters. The Labute approximate surface area is 129 Å². The lowest BCUT2D eigenvalue weighted by Crippen LogP contribution is -2.04. The van der Waals surface area contributed by atoms with Crippen LogP contribution in [0.25, 0.3) is 0 Å². The molecule has 1 saturated carbocycles. The summed E-state index contributed by atoms with van der Waals surface area (Å²) in [6.45, 7) is 4.32. The van der Waals surface area contributed by atoms with E-state index in [1.165, 1.54) is 60.8 Å². The van der Waals surface area contributed by atoms with Crippen LogP contribution in [0.3, 0.4) is 0 Å². The summed E-state index contributed by atoms with van der Waals surface area (Å²) >= 11 is 0. The first-order chi connectivity index (χ1) is 10.2. The molecular weight excluding hydrogens is 252 g/mol. The van der Waals surface area contributed by atoms with Crippen molar-refractivity contribution >= 4 is 0 Å². The summed E-state index contributed by atoms with van der Waals surface area (Å²) < 4.78 is 0. The molecule has 0 N–H and O–H groups in total. The van der Waals surface area contributed by atoms with Crippen LogP contribution in [0.4, 0.5) is 0 Å². The Kier molecular flexibility index (Phi) is 4.14. The molecule has 0 aromatic heterocycles. The summed E-state index contributed by atoms with van der Waals surface area (Å²) in [5, 5.41) is 0. The molecule has 3 rings (SSSR count). The maximum Gasteiger partial charge on any atom is -0.0274 e. The van der Waals surface area contributed by atoms with Crippen molar-refractivity contribution in [3.05, 3.63) is 70.8 Å². The van der Waals surface area contributed by atoms with Gasteiger partial charge in [0.1, 0.15) is 0 Å². The van der Waals surface area contributed by atoms with Gasteiger partial charge in [0, 0.05) is 0 Å². The minimum absolute atomic E-state index is 0.649. The minimum Gasteiger partial charge on any atom is -0.0591 e. The van der Waals surface area contributed by atoms with Crippen molar-refractivity contribution in [2.45, 2.75) is 52.4 Å². The van der Waals surface area contributed by atoms with E-state index < -0.39 is 0 Å². The minimum atomic E-state index is 0.649. The van der Waals surface area contributed by atoms with Gasteiger partial charge in [0.15, 0.2) is 0 Å². The molecule has 1 aliphatic rings. The van der Waals surface area contributed by atoms with Crippen molar-refractivity contribution in [3.63, 3.8) is 0 Å². The quantitative estimate of drug-likeness (QED) is 0.640. The molecule has 1 aliphatic carbocycles. The van der Waals surface area contributed by atoms with Gasteiger partial charge in [0.25, 0.3) is 0 Å². The zero-order valence-corrected chi connectivity index (χ0v) is 13.4.